The minimum atomic E-state index is -0.107. The zero-order valence-electron chi connectivity index (χ0n) is 10.4. The predicted octanol–water partition coefficient (Wildman–Crippen LogP) is 3.78. The van der Waals surface area contributed by atoms with E-state index in [9.17, 15) is 0 Å². The van der Waals surface area contributed by atoms with Crippen LogP contribution in [0.1, 0.15) is 17.4 Å². The normalized spacial score (nSPS) is 20.8. The second kappa shape index (κ2) is 6.13. The summed E-state index contributed by atoms with van der Waals surface area (Å²) in [4.78, 5) is 0. The van der Waals surface area contributed by atoms with E-state index in [1.165, 1.54) is 0 Å². The average Bonchev–Trinajstić information content (AvgIpc) is 2.91. The second-order valence-electron chi connectivity index (χ2n) is 4.23. The number of hydrogen-bond acceptors (Lipinski definition) is 3. The number of methoxy groups -OCH3 is 2. The molecule has 3 nitrogen and oxygen atoms in total. The molecule has 1 aromatic rings. The van der Waals surface area contributed by atoms with Gasteiger partial charge < -0.3 is 14.2 Å². The van der Waals surface area contributed by atoms with Gasteiger partial charge in [0.25, 0.3) is 0 Å². The average molecular weight is 336 g/mol. The molecular weight excluding hydrogens is 319 g/mol. The van der Waals surface area contributed by atoms with Gasteiger partial charge in [-0.25, -0.2) is 0 Å². The number of rotatable bonds is 4. The lowest BCUT2D eigenvalue weighted by molar-refractivity contribution is 0.185. The maximum atomic E-state index is 6.54. The fraction of sp³-hybridized carbons (Fsp3) is 0.538. The Morgan fingerprint density at radius 3 is 2.72 bits per heavy atom. The summed E-state index contributed by atoms with van der Waals surface area (Å²) in [7, 11) is 3.26. The Hall–Kier alpha value is -0.450. The Morgan fingerprint density at radius 2 is 2.17 bits per heavy atom. The van der Waals surface area contributed by atoms with Crippen LogP contribution in [-0.2, 0) is 4.74 Å². The van der Waals surface area contributed by atoms with Crippen molar-refractivity contribution in [3.8, 4) is 11.5 Å². The lowest BCUT2D eigenvalue weighted by Crippen LogP contribution is -2.09. The van der Waals surface area contributed by atoms with Crippen LogP contribution in [0.2, 0.25) is 0 Å². The Labute approximate surface area is 120 Å². The van der Waals surface area contributed by atoms with E-state index in [0.29, 0.717) is 12.5 Å². The molecule has 0 bridgehead atoms. The Bertz CT molecular complexity index is 419. The van der Waals surface area contributed by atoms with Crippen molar-refractivity contribution in [1.82, 2.24) is 0 Å². The maximum absolute atomic E-state index is 6.54. The fourth-order valence-electron chi connectivity index (χ4n) is 2.17. The van der Waals surface area contributed by atoms with Gasteiger partial charge in [-0.1, -0.05) is 6.07 Å². The van der Waals surface area contributed by atoms with Crippen molar-refractivity contribution in [2.75, 3.05) is 27.4 Å². The molecule has 1 aliphatic rings. The molecular formula is C13H16BrClO3. The molecule has 100 valence electrons. The summed E-state index contributed by atoms with van der Waals surface area (Å²) in [5.74, 6) is 1.81. The topological polar surface area (TPSA) is 27.7 Å². The summed E-state index contributed by atoms with van der Waals surface area (Å²) in [6.45, 7) is 1.49. The zero-order valence-corrected chi connectivity index (χ0v) is 12.8. The van der Waals surface area contributed by atoms with Gasteiger partial charge in [-0.2, -0.15) is 0 Å². The van der Waals surface area contributed by atoms with Crippen molar-refractivity contribution in [3.63, 3.8) is 0 Å². The van der Waals surface area contributed by atoms with Crippen LogP contribution in [0.15, 0.2) is 16.6 Å². The first-order valence-electron chi connectivity index (χ1n) is 5.81. The van der Waals surface area contributed by atoms with Crippen LogP contribution < -0.4 is 9.47 Å². The molecule has 1 saturated heterocycles. The van der Waals surface area contributed by atoms with Crippen LogP contribution in [0, 0.1) is 5.92 Å². The van der Waals surface area contributed by atoms with Gasteiger partial charge in [0, 0.05) is 18.1 Å². The third-order valence-electron chi connectivity index (χ3n) is 3.19. The van der Waals surface area contributed by atoms with Crippen molar-refractivity contribution < 1.29 is 14.2 Å². The molecule has 0 saturated carbocycles. The summed E-state index contributed by atoms with van der Waals surface area (Å²) in [5, 5.41) is -0.107. The van der Waals surface area contributed by atoms with Gasteiger partial charge in [0.2, 0.25) is 0 Å². The van der Waals surface area contributed by atoms with E-state index in [1.54, 1.807) is 14.2 Å². The van der Waals surface area contributed by atoms with Crippen LogP contribution >= 0.6 is 27.5 Å². The van der Waals surface area contributed by atoms with Gasteiger partial charge in [0.05, 0.1) is 26.2 Å². The lowest BCUT2D eigenvalue weighted by Gasteiger charge is -2.20. The molecule has 1 aromatic carbocycles. The van der Waals surface area contributed by atoms with Crippen molar-refractivity contribution in [3.05, 3.63) is 22.2 Å². The zero-order chi connectivity index (χ0) is 13.1. The summed E-state index contributed by atoms with van der Waals surface area (Å²) in [6.07, 6.45) is 0.987. The Kier molecular flexibility index (Phi) is 4.76. The smallest absolute Gasteiger partial charge is 0.141 e. The number of halogens is 2. The van der Waals surface area contributed by atoms with E-state index in [0.717, 1.165) is 34.6 Å². The highest BCUT2D eigenvalue weighted by atomic mass is 79.9. The number of benzene rings is 1. The molecule has 0 aliphatic carbocycles. The third-order valence-corrected chi connectivity index (χ3v) is 4.53. The van der Waals surface area contributed by atoms with Crippen molar-refractivity contribution in [2.45, 2.75) is 11.8 Å². The van der Waals surface area contributed by atoms with Crippen LogP contribution in [0.5, 0.6) is 11.5 Å². The molecule has 0 N–H and O–H groups in total. The number of hydrogen-bond donors (Lipinski definition) is 0. The van der Waals surface area contributed by atoms with Gasteiger partial charge in [-0.15, -0.1) is 11.6 Å². The minimum Gasteiger partial charge on any atom is -0.495 e. The fourth-order valence-corrected chi connectivity index (χ4v) is 3.23. The highest BCUT2D eigenvalue weighted by Crippen LogP contribution is 2.45. The van der Waals surface area contributed by atoms with Crippen LogP contribution in [0.3, 0.4) is 0 Å². The second-order valence-corrected chi connectivity index (χ2v) is 5.49. The molecule has 0 spiro atoms. The molecule has 18 heavy (non-hydrogen) atoms. The highest BCUT2D eigenvalue weighted by Gasteiger charge is 2.28. The molecule has 5 heteroatoms. The molecule has 0 amide bonds. The Balaban J connectivity index is 2.34. The van der Waals surface area contributed by atoms with Crippen LogP contribution in [0.4, 0.5) is 0 Å². The SMILES string of the molecule is COc1ccc(C(Cl)C2CCOC2)c(OC)c1Br. The van der Waals surface area contributed by atoms with E-state index in [-0.39, 0.29) is 5.38 Å². The lowest BCUT2D eigenvalue weighted by atomic mass is 9.97. The van der Waals surface area contributed by atoms with E-state index >= 15 is 0 Å². The largest absolute Gasteiger partial charge is 0.495 e. The van der Waals surface area contributed by atoms with Crippen LogP contribution in [-0.4, -0.2) is 27.4 Å². The molecule has 2 atom stereocenters. The first-order chi connectivity index (χ1) is 8.69. The molecule has 1 aliphatic heterocycles. The predicted molar refractivity (Wildman–Crippen MR) is 74.8 cm³/mol. The summed E-state index contributed by atoms with van der Waals surface area (Å²) in [5.41, 5.74) is 0.974. The first kappa shape index (κ1) is 14.0. The van der Waals surface area contributed by atoms with Crippen molar-refractivity contribution in [2.24, 2.45) is 5.92 Å². The van der Waals surface area contributed by atoms with Gasteiger partial charge in [0.1, 0.15) is 16.0 Å². The van der Waals surface area contributed by atoms with E-state index in [2.05, 4.69) is 15.9 Å². The van der Waals surface area contributed by atoms with E-state index < -0.39 is 0 Å². The summed E-state index contributed by atoms with van der Waals surface area (Å²) < 4.78 is 16.9. The van der Waals surface area contributed by atoms with Gasteiger partial charge in [-0.3, -0.25) is 0 Å². The Morgan fingerprint density at radius 1 is 1.39 bits per heavy atom. The van der Waals surface area contributed by atoms with Crippen molar-refractivity contribution >= 4 is 27.5 Å². The molecule has 2 rings (SSSR count). The van der Waals surface area contributed by atoms with E-state index in [4.69, 9.17) is 25.8 Å². The molecule has 2 unspecified atom stereocenters. The molecule has 0 radical (unpaired) electrons. The van der Waals surface area contributed by atoms with E-state index in [1.807, 2.05) is 12.1 Å². The quantitative estimate of drug-likeness (QED) is 0.784. The minimum absolute atomic E-state index is 0.107. The van der Waals surface area contributed by atoms with Gasteiger partial charge in [0.15, 0.2) is 0 Å². The van der Waals surface area contributed by atoms with Crippen molar-refractivity contribution in [1.29, 1.82) is 0 Å². The van der Waals surface area contributed by atoms with Gasteiger partial charge >= 0.3 is 0 Å². The highest BCUT2D eigenvalue weighted by molar-refractivity contribution is 9.10. The number of alkyl halides is 1. The molecule has 1 fully saturated rings. The maximum Gasteiger partial charge on any atom is 0.141 e. The summed E-state index contributed by atoms with van der Waals surface area (Å²) in [6, 6.07) is 3.85. The van der Waals surface area contributed by atoms with Crippen LogP contribution in [0.25, 0.3) is 0 Å². The molecule has 0 aromatic heterocycles. The molecule has 1 heterocycles. The first-order valence-corrected chi connectivity index (χ1v) is 7.04. The monoisotopic (exact) mass is 334 g/mol. The third kappa shape index (κ3) is 2.60. The van der Waals surface area contributed by atoms with Gasteiger partial charge in [-0.05, 0) is 28.4 Å². The summed E-state index contributed by atoms with van der Waals surface area (Å²) >= 11 is 10.0. The standard InChI is InChI=1S/C13H16BrClO3/c1-16-10-4-3-9(13(17-2)11(10)14)12(15)8-5-6-18-7-8/h3-4,8,12H,5-7H2,1-2H3. The number of ether oxygens (including phenoxy) is 3.